The summed E-state index contributed by atoms with van der Waals surface area (Å²) in [6, 6.07) is 12.8. The van der Waals surface area contributed by atoms with Crippen molar-refractivity contribution < 1.29 is 17.9 Å². The lowest BCUT2D eigenvalue weighted by molar-refractivity contribution is 0.0725. The first-order valence-electron chi connectivity index (χ1n) is 7.64. The Morgan fingerprint density at radius 2 is 1.92 bits per heavy atom. The molecule has 0 radical (unpaired) electrons. The van der Waals surface area contributed by atoms with E-state index in [4.69, 9.17) is 9.47 Å². The minimum Gasteiger partial charge on any atom is -0.439 e. The zero-order valence-electron chi connectivity index (χ0n) is 13.1. The molecule has 0 amide bonds. The lowest BCUT2D eigenvalue weighted by atomic mass is 10.3. The fourth-order valence-corrected chi connectivity index (χ4v) is 3.44. The van der Waals surface area contributed by atoms with Gasteiger partial charge in [-0.2, -0.15) is 17.4 Å². The summed E-state index contributed by atoms with van der Waals surface area (Å²) in [7, 11) is -3.51. The predicted molar refractivity (Wildman–Crippen MR) is 88.9 cm³/mol. The number of aromatic nitrogens is 1. The summed E-state index contributed by atoms with van der Waals surface area (Å²) in [6.45, 7) is 1.76. The van der Waals surface area contributed by atoms with E-state index >= 15 is 0 Å². The number of rotatable bonds is 6. The number of benzene rings is 1. The van der Waals surface area contributed by atoms with Crippen LogP contribution in [0.25, 0.3) is 0 Å². The molecule has 0 atom stereocenters. The van der Waals surface area contributed by atoms with E-state index in [1.54, 1.807) is 18.3 Å². The molecule has 1 aromatic heterocycles. The third-order valence-electron chi connectivity index (χ3n) is 3.53. The zero-order chi connectivity index (χ0) is 16.8. The van der Waals surface area contributed by atoms with Crippen LogP contribution in [-0.2, 0) is 21.5 Å². The molecule has 0 saturated carbocycles. The second kappa shape index (κ2) is 7.71. The highest BCUT2D eigenvalue weighted by Gasteiger charge is 2.23. The van der Waals surface area contributed by atoms with Gasteiger partial charge in [0.2, 0.25) is 5.88 Å². The molecule has 0 aliphatic carbocycles. The third-order valence-corrected chi connectivity index (χ3v) is 5.09. The Morgan fingerprint density at radius 1 is 1.17 bits per heavy atom. The third kappa shape index (κ3) is 4.51. The van der Waals surface area contributed by atoms with Crippen molar-refractivity contribution in [2.75, 3.05) is 26.3 Å². The molecule has 1 saturated heterocycles. The lowest BCUT2D eigenvalue weighted by Crippen LogP contribution is -2.46. The molecule has 1 aromatic carbocycles. The van der Waals surface area contributed by atoms with Crippen LogP contribution in [0.1, 0.15) is 5.56 Å². The largest absolute Gasteiger partial charge is 0.439 e. The number of morpholine rings is 1. The maximum atomic E-state index is 12.2. The Morgan fingerprint density at radius 3 is 2.67 bits per heavy atom. The van der Waals surface area contributed by atoms with Crippen LogP contribution in [0.15, 0.2) is 48.7 Å². The van der Waals surface area contributed by atoms with E-state index in [0.29, 0.717) is 37.9 Å². The summed E-state index contributed by atoms with van der Waals surface area (Å²) in [6.07, 6.45) is 1.59. The van der Waals surface area contributed by atoms with Gasteiger partial charge in [-0.25, -0.2) is 4.98 Å². The number of ether oxygens (including phenoxy) is 2. The van der Waals surface area contributed by atoms with Gasteiger partial charge in [0.05, 0.1) is 13.2 Å². The van der Waals surface area contributed by atoms with E-state index < -0.39 is 10.2 Å². The molecule has 0 unspecified atom stereocenters. The maximum absolute atomic E-state index is 12.2. The van der Waals surface area contributed by atoms with E-state index in [2.05, 4.69) is 9.71 Å². The van der Waals surface area contributed by atoms with Crippen LogP contribution in [0.5, 0.6) is 11.6 Å². The van der Waals surface area contributed by atoms with Crippen LogP contribution in [0.3, 0.4) is 0 Å². The molecular weight excluding hydrogens is 330 g/mol. The monoisotopic (exact) mass is 349 g/mol. The van der Waals surface area contributed by atoms with E-state index in [1.165, 1.54) is 4.31 Å². The number of para-hydroxylation sites is 1. The van der Waals surface area contributed by atoms with Gasteiger partial charge >= 0.3 is 0 Å². The summed E-state index contributed by atoms with van der Waals surface area (Å²) >= 11 is 0. The molecule has 0 bridgehead atoms. The topological polar surface area (TPSA) is 80.8 Å². The fraction of sp³-hybridized carbons (Fsp3) is 0.312. The van der Waals surface area contributed by atoms with Crippen LogP contribution in [0, 0.1) is 0 Å². The van der Waals surface area contributed by atoms with Crippen molar-refractivity contribution in [2.45, 2.75) is 6.54 Å². The second-order valence-corrected chi connectivity index (χ2v) is 7.01. The Hall–Kier alpha value is -2.00. The van der Waals surface area contributed by atoms with Crippen LogP contribution < -0.4 is 9.46 Å². The molecule has 24 heavy (non-hydrogen) atoms. The number of nitrogens with one attached hydrogen (secondary N) is 1. The quantitative estimate of drug-likeness (QED) is 0.856. The number of pyridine rings is 1. The molecular formula is C16H19N3O4S. The number of hydrogen-bond acceptors (Lipinski definition) is 5. The van der Waals surface area contributed by atoms with Gasteiger partial charge < -0.3 is 9.47 Å². The average Bonchev–Trinajstić information content (AvgIpc) is 2.62. The Labute approximate surface area is 141 Å². The average molecular weight is 349 g/mol. The van der Waals surface area contributed by atoms with Crippen molar-refractivity contribution in [1.82, 2.24) is 14.0 Å². The summed E-state index contributed by atoms with van der Waals surface area (Å²) in [5, 5.41) is 0. The van der Waals surface area contributed by atoms with Crippen LogP contribution in [0.2, 0.25) is 0 Å². The van der Waals surface area contributed by atoms with Gasteiger partial charge in [-0.3, -0.25) is 0 Å². The summed E-state index contributed by atoms with van der Waals surface area (Å²) in [5.74, 6) is 1.10. The predicted octanol–water partition coefficient (Wildman–Crippen LogP) is 1.54. The number of nitrogens with zero attached hydrogens (tertiary/aromatic N) is 2. The molecule has 7 nitrogen and oxygen atoms in total. The van der Waals surface area contributed by atoms with Crippen molar-refractivity contribution in [3.63, 3.8) is 0 Å². The fourth-order valence-electron chi connectivity index (χ4n) is 2.28. The van der Waals surface area contributed by atoms with E-state index in [0.717, 1.165) is 5.56 Å². The van der Waals surface area contributed by atoms with Gasteiger partial charge in [0, 0.05) is 31.9 Å². The van der Waals surface area contributed by atoms with Crippen molar-refractivity contribution in [3.05, 3.63) is 54.2 Å². The van der Waals surface area contributed by atoms with Gasteiger partial charge in [-0.15, -0.1) is 0 Å². The summed E-state index contributed by atoms with van der Waals surface area (Å²) in [5.41, 5.74) is 0.771. The normalized spacial score (nSPS) is 16.0. The maximum Gasteiger partial charge on any atom is 0.279 e. The van der Waals surface area contributed by atoms with E-state index in [1.807, 2.05) is 30.3 Å². The van der Waals surface area contributed by atoms with E-state index in [-0.39, 0.29) is 6.54 Å². The molecule has 1 aliphatic heterocycles. The lowest BCUT2D eigenvalue weighted by Gasteiger charge is -2.26. The Balaban J connectivity index is 1.62. The van der Waals surface area contributed by atoms with Crippen molar-refractivity contribution >= 4 is 10.2 Å². The van der Waals surface area contributed by atoms with Crippen LogP contribution in [-0.4, -0.2) is 44.0 Å². The molecule has 1 fully saturated rings. The van der Waals surface area contributed by atoms with Crippen molar-refractivity contribution in [3.8, 4) is 11.6 Å². The molecule has 1 N–H and O–H groups in total. The minimum absolute atomic E-state index is 0.174. The number of hydrogen-bond donors (Lipinski definition) is 1. The second-order valence-electron chi connectivity index (χ2n) is 5.26. The molecule has 2 heterocycles. The first-order chi connectivity index (χ1) is 11.6. The Bertz CT molecular complexity index is 762. The molecule has 0 spiro atoms. The zero-order valence-corrected chi connectivity index (χ0v) is 13.9. The van der Waals surface area contributed by atoms with Gasteiger partial charge in [-0.1, -0.05) is 18.2 Å². The standard InChI is InChI=1S/C16H19N3O4S/c20-24(21,19-8-10-22-11-9-19)18-13-14-6-7-17-16(12-14)23-15-4-2-1-3-5-15/h1-7,12,18H,8-11,13H2. The van der Waals surface area contributed by atoms with E-state index in [9.17, 15) is 8.42 Å². The highest BCUT2D eigenvalue weighted by atomic mass is 32.2. The SMILES string of the molecule is O=S(=O)(NCc1ccnc(Oc2ccccc2)c1)N1CCOCC1. The van der Waals surface area contributed by atoms with Crippen LogP contribution >= 0.6 is 0 Å². The highest BCUT2D eigenvalue weighted by Crippen LogP contribution is 2.19. The smallest absolute Gasteiger partial charge is 0.279 e. The first kappa shape index (κ1) is 16.8. The molecule has 3 rings (SSSR count). The molecule has 2 aromatic rings. The highest BCUT2D eigenvalue weighted by molar-refractivity contribution is 7.87. The van der Waals surface area contributed by atoms with Crippen molar-refractivity contribution in [2.24, 2.45) is 0 Å². The minimum atomic E-state index is -3.51. The van der Waals surface area contributed by atoms with Gasteiger partial charge in [-0.05, 0) is 23.8 Å². The molecule has 1 aliphatic rings. The van der Waals surface area contributed by atoms with Crippen molar-refractivity contribution in [1.29, 1.82) is 0 Å². The first-order valence-corrected chi connectivity index (χ1v) is 9.08. The summed E-state index contributed by atoms with van der Waals surface area (Å²) < 4.78 is 39.3. The van der Waals surface area contributed by atoms with Gasteiger partial charge in [0.15, 0.2) is 0 Å². The van der Waals surface area contributed by atoms with Gasteiger partial charge in [0.1, 0.15) is 5.75 Å². The summed E-state index contributed by atoms with van der Waals surface area (Å²) in [4.78, 5) is 4.14. The molecule has 128 valence electrons. The molecule has 8 heteroatoms. The Kier molecular flexibility index (Phi) is 5.41. The van der Waals surface area contributed by atoms with Crippen LogP contribution in [0.4, 0.5) is 0 Å². The van der Waals surface area contributed by atoms with Gasteiger partial charge in [0.25, 0.3) is 10.2 Å².